The number of amides is 1. The Hall–Kier alpha value is -2.67. The van der Waals surface area contributed by atoms with Crippen molar-refractivity contribution < 1.29 is 13.2 Å². The Balaban J connectivity index is 1.53. The first-order valence-corrected chi connectivity index (χ1v) is 10.5. The Morgan fingerprint density at radius 1 is 1.19 bits per heavy atom. The third-order valence-electron chi connectivity index (χ3n) is 5.07. The van der Waals surface area contributed by atoms with E-state index >= 15 is 0 Å². The number of hydrogen-bond donors (Lipinski definition) is 1. The van der Waals surface area contributed by atoms with Gasteiger partial charge in [-0.2, -0.15) is 0 Å². The van der Waals surface area contributed by atoms with Crippen LogP contribution in [0.1, 0.15) is 35.6 Å². The highest BCUT2D eigenvalue weighted by atomic mass is 32.2. The van der Waals surface area contributed by atoms with Crippen LogP contribution in [0.5, 0.6) is 0 Å². The summed E-state index contributed by atoms with van der Waals surface area (Å²) in [6.07, 6.45) is 1.89. The molecule has 0 spiro atoms. The number of carbonyl (C=O) groups excluding carboxylic acids is 1. The third-order valence-corrected chi connectivity index (χ3v) is 6.47. The highest BCUT2D eigenvalue weighted by molar-refractivity contribution is 7.90. The predicted molar refractivity (Wildman–Crippen MR) is 103 cm³/mol. The summed E-state index contributed by atoms with van der Waals surface area (Å²) in [7, 11) is -3.59. The molecule has 0 aliphatic carbocycles. The molecule has 1 saturated heterocycles. The highest BCUT2D eigenvalue weighted by Crippen LogP contribution is 2.32. The van der Waals surface area contributed by atoms with Crippen LogP contribution in [0, 0.1) is 6.92 Å². The number of benzene rings is 2. The van der Waals surface area contributed by atoms with Crippen LogP contribution in [0.2, 0.25) is 0 Å². The number of carbonyl (C=O) groups is 1. The fraction of sp³-hybridized carbons (Fsp3) is 0.300. The summed E-state index contributed by atoms with van der Waals surface area (Å²) in [5.41, 5.74) is 2.83. The van der Waals surface area contributed by atoms with Crippen LogP contribution >= 0.6 is 0 Å². The van der Waals surface area contributed by atoms with Gasteiger partial charge >= 0.3 is 0 Å². The fourth-order valence-electron chi connectivity index (χ4n) is 3.69. The van der Waals surface area contributed by atoms with Gasteiger partial charge in [-0.25, -0.2) is 8.42 Å². The van der Waals surface area contributed by atoms with Crippen LogP contribution in [0.4, 0.5) is 0 Å². The van der Waals surface area contributed by atoms with Crippen molar-refractivity contribution in [2.24, 2.45) is 4.99 Å². The van der Waals surface area contributed by atoms with Gasteiger partial charge in [-0.05, 0) is 37.5 Å². The minimum Gasteiger partial charge on any atom is -0.334 e. The van der Waals surface area contributed by atoms with Gasteiger partial charge in [0.25, 0.3) is 10.0 Å². The summed E-state index contributed by atoms with van der Waals surface area (Å²) in [6.45, 7) is 2.66. The Bertz CT molecular complexity index is 1010. The number of nitrogens with zero attached hydrogens (tertiary/aromatic N) is 2. The number of aliphatic imine (C=N–C) groups is 1. The minimum atomic E-state index is -3.59. The van der Waals surface area contributed by atoms with Crippen molar-refractivity contribution in [1.82, 2.24) is 9.62 Å². The maximum atomic E-state index is 12.8. The zero-order chi connectivity index (χ0) is 19.0. The van der Waals surface area contributed by atoms with Crippen LogP contribution in [-0.4, -0.2) is 38.2 Å². The SMILES string of the molecule is Cc1ccc([C@@H]2CCCN2C(=O)CN=C2NS(=O)(=O)c3ccccc32)cc1. The molecule has 0 aromatic heterocycles. The van der Waals surface area contributed by atoms with Crippen molar-refractivity contribution in [3.05, 3.63) is 65.2 Å². The number of nitrogens with one attached hydrogen (secondary N) is 1. The molecule has 2 aromatic rings. The molecule has 1 fully saturated rings. The molecule has 1 amide bonds. The standard InChI is InChI=1S/C20H21N3O3S/c1-14-8-10-15(11-9-14)17-6-4-12-23(17)19(24)13-21-20-16-5-2-3-7-18(16)27(25,26)22-20/h2-3,5,7-11,17H,4,6,12-13H2,1H3,(H,21,22)/t17-/m0/s1. The quantitative estimate of drug-likeness (QED) is 0.884. The lowest BCUT2D eigenvalue weighted by Gasteiger charge is -2.24. The van der Waals surface area contributed by atoms with E-state index in [2.05, 4.69) is 34.0 Å². The number of fused-ring (bicyclic) bond motifs is 1. The van der Waals surface area contributed by atoms with Gasteiger partial charge in [-0.1, -0.05) is 42.0 Å². The van der Waals surface area contributed by atoms with Crippen molar-refractivity contribution in [1.29, 1.82) is 0 Å². The second-order valence-electron chi connectivity index (χ2n) is 6.92. The van der Waals surface area contributed by atoms with E-state index in [1.54, 1.807) is 18.2 Å². The normalized spacial score (nSPS) is 21.9. The van der Waals surface area contributed by atoms with E-state index in [4.69, 9.17) is 0 Å². The summed E-state index contributed by atoms with van der Waals surface area (Å²) in [5, 5.41) is 0. The molecule has 6 nitrogen and oxygen atoms in total. The predicted octanol–water partition coefficient (Wildman–Crippen LogP) is 2.40. The summed E-state index contributed by atoms with van der Waals surface area (Å²) >= 11 is 0. The molecular weight excluding hydrogens is 362 g/mol. The number of amidine groups is 1. The molecule has 7 heteroatoms. The van der Waals surface area contributed by atoms with E-state index in [-0.39, 0.29) is 29.2 Å². The molecule has 0 saturated carbocycles. The highest BCUT2D eigenvalue weighted by Gasteiger charge is 2.32. The van der Waals surface area contributed by atoms with Gasteiger partial charge in [-0.3, -0.25) is 14.5 Å². The fourth-order valence-corrected chi connectivity index (χ4v) is 4.94. The maximum Gasteiger partial charge on any atom is 0.263 e. The smallest absolute Gasteiger partial charge is 0.263 e. The molecule has 2 aliphatic heterocycles. The van der Waals surface area contributed by atoms with E-state index < -0.39 is 10.0 Å². The lowest BCUT2D eigenvalue weighted by Crippen LogP contribution is -2.33. The lowest BCUT2D eigenvalue weighted by molar-refractivity contribution is -0.130. The largest absolute Gasteiger partial charge is 0.334 e. The van der Waals surface area contributed by atoms with Gasteiger partial charge in [0, 0.05) is 12.1 Å². The maximum absolute atomic E-state index is 12.8. The van der Waals surface area contributed by atoms with E-state index in [1.807, 2.05) is 11.8 Å². The molecule has 0 radical (unpaired) electrons. The number of rotatable bonds is 3. The van der Waals surface area contributed by atoms with Crippen molar-refractivity contribution in [3.8, 4) is 0 Å². The first-order chi connectivity index (χ1) is 13.0. The van der Waals surface area contributed by atoms with Gasteiger partial charge in [0.15, 0.2) is 0 Å². The van der Waals surface area contributed by atoms with Crippen LogP contribution in [0.15, 0.2) is 58.4 Å². The van der Waals surface area contributed by atoms with Crippen LogP contribution in [0.25, 0.3) is 0 Å². The second-order valence-corrected chi connectivity index (χ2v) is 8.57. The van der Waals surface area contributed by atoms with E-state index in [1.165, 1.54) is 11.6 Å². The van der Waals surface area contributed by atoms with Gasteiger partial charge in [0.05, 0.1) is 10.9 Å². The third kappa shape index (κ3) is 3.35. The molecule has 0 unspecified atom stereocenters. The molecule has 2 aromatic carbocycles. The molecule has 2 heterocycles. The van der Waals surface area contributed by atoms with Crippen LogP contribution < -0.4 is 4.72 Å². The van der Waals surface area contributed by atoms with E-state index in [9.17, 15) is 13.2 Å². The van der Waals surface area contributed by atoms with Gasteiger partial charge in [0.1, 0.15) is 12.4 Å². The monoisotopic (exact) mass is 383 g/mol. The molecule has 2 aliphatic rings. The molecule has 0 bridgehead atoms. The average molecular weight is 383 g/mol. The lowest BCUT2D eigenvalue weighted by atomic mass is 10.0. The zero-order valence-corrected chi connectivity index (χ0v) is 15.9. The molecule has 1 atom stereocenters. The molecule has 4 rings (SSSR count). The molecular formula is C20H21N3O3S. The van der Waals surface area contributed by atoms with E-state index in [0.29, 0.717) is 12.1 Å². The van der Waals surface area contributed by atoms with Crippen molar-refractivity contribution >= 4 is 21.8 Å². The van der Waals surface area contributed by atoms with Crippen molar-refractivity contribution in [3.63, 3.8) is 0 Å². The topological polar surface area (TPSA) is 78.8 Å². The minimum absolute atomic E-state index is 0.0610. The Morgan fingerprint density at radius 2 is 1.93 bits per heavy atom. The Morgan fingerprint density at radius 3 is 2.70 bits per heavy atom. The number of likely N-dealkylation sites (tertiary alicyclic amines) is 1. The molecule has 1 N–H and O–H groups in total. The average Bonchev–Trinajstić information content (AvgIpc) is 3.24. The first kappa shape index (κ1) is 17.7. The van der Waals surface area contributed by atoms with Crippen molar-refractivity contribution in [2.75, 3.05) is 13.1 Å². The Labute approximate surface area is 159 Å². The summed E-state index contributed by atoms with van der Waals surface area (Å²) in [5.74, 6) is 0.152. The summed E-state index contributed by atoms with van der Waals surface area (Å²) in [6, 6.07) is 15.0. The zero-order valence-electron chi connectivity index (χ0n) is 15.1. The van der Waals surface area contributed by atoms with Gasteiger partial charge < -0.3 is 4.90 Å². The van der Waals surface area contributed by atoms with Gasteiger partial charge in [0.2, 0.25) is 5.91 Å². The van der Waals surface area contributed by atoms with E-state index in [0.717, 1.165) is 18.4 Å². The number of aryl methyl sites for hydroxylation is 1. The van der Waals surface area contributed by atoms with Gasteiger partial charge in [-0.15, -0.1) is 0 Å². The first-order valence-electron chi connectivity index (χ1n) is 8.98. The summed E-state index contributed by atoms with van der Waals surface area (Å²) < 4.78 is 26.7. The van der Waals surface area contributed by atoms with Crippen molar-refractivity contribution in [2.45, 2.75) is 30.7 Å². The van der Waals surface area contributed by atoms with Crippen LogP contribution in [0.3, 0.4) is 0 Å². The number of hydrogen-bond acceptors (Lipinski definition) is 4. The summed E-state index contributed by atoms with van der Waals surface area (Å²) in [4.78, 5) is 19.1. The second kappa shape index (κ2) is 6.81. The Kier molecular flexibility index (Phi) is 4.47. The van der Waals surface area contributed by atoms with Crippen LogP contribution in [-0.2, 0) is 14.8 Å². The molecule has 27 heavy (non-hydrogen) atoms. The number of sulfonamides is 1. The molecule has 140 valence electrons.